The molecule has 0 aromatic heterocycles. The Bertz CT molecular complexity index is 961. The number of carbonyl (C=O) groups is 1. The predicted octanol–water partition coefficient (Wildman–Crippen LogP) is 15.1. The molecule has 0 saturated heterocycles. The smallest absolute Gasteiger partial charge is 0.220 e. The average Bonchev–Trinajstić information content (AvgIpc) is 3.19. The van der Waals surface area contributed by atoms with E-state index in [1.807, 2.05) is 12.2 Å². The first-order valence-corrected chi connectivity index (χ1v) is 23.7. The summed E-state index contributed by atoms with van der Waals surface area (Å²) in [6, 6.07) is -0.680. The first-order valence-electron chi connectivity index (χ1n) is 23.7. The monoisotopic (exact) mass is 766 g/mol. The molecule has 55 heavy (non-hydrogen) atoms. The maximum Gasteiger partial charge on any atom is 0.220 e. The van der Waals surface area contributed by atoms with Crippen LogP contribution in [0.3, 0.4) is 0 Å². The summed E-state index contributed by atoms with van der Waals surface area (Å²) in [5, 5.41) is 22.9. The Balaban J connectivity index is 3.57. The van der Waals surface area contributed by atoms with Crippen LogP contribution in [-0.4, -0.2) is 34.9 Å². The number of carbonyl (C=O) groups excluding carboxylic acids is 1. The summed E-state index contributed by atoms with van der Waals surface area (Å²) in [6.45, 7) is 4.15. The van der Waals surface area contributed by atoms with Crippen molar-refractivity contribution in [3.63, 3.8) is 0 Å². The van der Waals surface area contributed by atoms with Gasteiger partial charge in [-0.15, -0.1) is 0 Å². The third kappa shape index (κ3) is 42.8. The van der Waals surface area contributed by atoms with Gasteiger partial charge in [-0.2, -0.15) is 0 Å². The molecule has 0 bridgehead atoms. The van der Waals surface area contributed by atoms with E-state index in [4.69, 9.17) is 0 Å². The molecule has 0 aromatic carbocycles. The lowest BCUT2D eigenvalue weighted by molar-refractivity contribution is -0.122. The second-order valence-corrected chi connectivity index (χ2v) is 15.8. The van der Waals surface area contributed by atoms with Crippen molar-refractivity contribution in [2.75, 3.05) is 6.61 Å². The van der Waals surface area contributed by atoms with E-state index in [0.29, 0.717) is 12.8 Å². The van der Waals surface area contributed by atoms with Gasteiger partial charge in [-0.3, -0.25) is 4.79 Å². The molecular formula is C51H91NO3. The molecule has 2 unspecified atom stereocenters. The number of nitrogens with one attached hydrogen (secondary N) is 1. The Labute approximate surface area is 342 Å². The van der Waals surface area contributed by atoms with Crippen LogP contribution in [0.5, 0.6) is 0 Å². The number of aliphatic hydroxyl groups excluding tert-OH is 2. The van der Waals surface area contributed by atoms with Crippen LogP contribution in [0.15, 0.2) is 72.9 Å². The van der Waals surface area contributed by atoms with E-state index in [2.05, 4.69) is 73.8 Å². The normalized spacial score (nSPS) is 13.6. The quantitative estimate of drug-likeness (QED) is 0.0428. The van der Waals surface area contributed by atoms with E-state index >= 15 is 0 Å². The Hall–Kier alpha value is -2.17. The molecule has 0 rings (SSSR count). The molecule has 0 heterocycles. The zero-order valence-corrected chi connectivity index (χ0v) is 36.4. The van der Waals surface area contributed by atoms with E-state index in [1.54, 1.807) is 6.08 Å². The molecule has 0 spiro atoms. The van der Waals surface area contributed by atoms with Gasteiger partial charge in [-0.1, -0.05) is 234 Å². The lowest BCUT2D eigenvalue weighted by Gasteiger charge is -2.19. The number of unbranched alkanes of at least 4 members (excludes halogenated alkanes) is 25. The minimum Gasteiger partial charge on any atom is -0.394 e. The van der Waals surface area contributed by atoms with E-state index in [9.17, 15) is 15.0 Å². The van der Waals surface area contributed by atoms with E-state index in [-0.39, 0.29) is 12.5 Å². The van der Waals surface area contributed by atoms with Gasteiger partial charge in [0, 0.05) is 6.42 Å². The number of amides is 1. The lowest BCUT2D eigenvalue weighted by Crippen LogP contribution is -2.45. The third-order valence-corrected chi connectivity index (χ3v) is 10.4. The summed E-state index contributed by atoms with van der Waals surface area (Å²) in [7, 11) is 0. The first kappa shape index (κ1) is 52.8. The second-order valence-electron chi connectivity index (χ2n) is 15.8. The molecule has 0 fully saturated rings. The third-order valence-electron chi connectivity index (χ3n) is 10.4. The van der Waals surface area contributed by atoms with Crippen molar-refractivity contribution in [1.29, 1.82) is 0 Å². The molecule has 4 heteroatoms. The average molecular weight is 766 g/mol. The van der Waals surface area contributed by atoms with Gasteiger partial charge in [-0.25, -0.2) is 0 Å². The molecule has 2 atom stereocenters. The number of hydrogen-bond acceptors (Lipinski definition) is 3. The van der Waals surface area contributed by atoms with Crippen molar-refractivity contribution >= 4 is 5.91 Å². The van der Waals surface area contributed by atoms with E-state index < -0.39 is 12.1 Å². The van der Waals surface area contributed by atoms with Gasteiger partial charge in [0.05, 0.1) is 18.8 Å². The van der Waals surface area contributed by atoms with Crippen LogP contribution in [0, 0.1) is 0 Å². The molecule has 318 valence electrons. The summed E-state index contributed by atoms with van der Waals surface area (Å²) in [4.78, 5) is 12.3. The van der Waals surface area contributed by atoms with Crippen LogP contribution in [0.1, 0.15) is 226 Å². The fourth-order valence-corrected chi connectivity index (χ4v) is 6.85. The Kier molecular flexibility index (Phi) is 44.4. The SMILES string of the molecule is CC/C=C\C/C=C\C/C=C\C/C=C\CCC(=O)NC(CO)C(O)/C=C/CC/C=C/CCCCCCCCCCCCCCCCCCCCCCCCCC. The van der Waals surface area contributed by atoms with E-state index in [1.165, 1.54) is 154 Å². The second kappa shape index (κ2) is 46.2. The Morgan fingerprint density at radius 2 is 0.818 bits per heavy atom. The van der Waals surface area contributed by atoms with Crippen LogP contribution in [0.4, 0.5) is 0 Å². The van der Waals surface area contributed by atoms with E-state index in [0.717, 1.165) is 44.9 Å². The summed E-state index contributed by atoms with van der Waals surface area (Å²) >= 11 is 0. The highest BCUT2D eigenvalue weighted by Gasteiger charge is 2.17. The molecule has 0 saturated carbocycles. The number of aliphatic hydroxyl groups is 2. The molecule has 0 aliphatic carbocycles. The van der Waals surface area contributed by atoms with Gasteiger partial charge in [-0.05, 0) is 57.8 Å². The maximum atomic E-state index is 12.3. The van der Waals surface area contributed by atoms with Gasteiger partial charge in [0.25, 0.3) is 0 Å². The number of rotatable bonds is 42. The minimum atomic E-state index is -0.894. The highest BCUT2D eigenvalue weighted by molar-refractivity contribution is 5.76. The molecular weight excluding hydrogens is 675 g/mol. The zero-order valence-electron chi connectivity index (χ0n) is 36.4. The maximum absolute atomic E-state index is 12.3. The van der Waals surface area contributed by atoms with Gasteiger partial charge in [0.15, 0.2) is 0 Å². The standard InChI is InChI=1S/C51H91NO3/c1-3-5-7-9-11-13-15-17-18-19-20-21-22-23-24-25-26-27-28-29-30-31-32-33-35-36-38-40-42-44-46-50(54)49(48-53)52-51(55)47-45-43-41-39-37-34-16-14-12-10-8-6-4-2/h6,8,12,14,34,36-38,41,43-44,46,49-50,53-54H,3-5,7,9-11,13,15-33,35,39-40,42,45,47-48H2,1-2H3,(H,52,55)/b8-6-,14-12-,37-34-,38-36+,43-41-,46-44+. The zero-order chi connectivity index (χ0) is 40.0. The fraction of sp³-hybridized carbons (Fsp3) is 0.745. The molecule has 0 aromatic rings. The van der Waals surface area contributed by atoms with Crippen molar-refractivity contribution in [3.8, 4) is 0 Å². The predicted molar refractivity (Wildman–Crippen MR) is 244 cm³/mol. The Morgan fingerprint density at radius 3 is 1.25 bits per heavy atom. The van der Waals surface area contributed by atoms with Gasteiger partial charge < -0.3 is 15.5 Å². The Morgan fingerprint density at radius 1 is 0.455 bits per heavy atom. The van der Waals surface area contributed by atoms with Crippen LogP contribution in [-0.2, 0) is 4.79 Å². The van der Waals surface area contributed by atoms with Crippen LogP contribution >= 0.6 is 0 Å². The van der Waals surface area contributed by atoms with Crippen molar-refractivity contribution in [2.24, 2.45) is 0 Å². The first-order chi connectivity index (χ1) is 27.2. The highest BCUT2D eigenvalue weighted by Crippen LogP contribution is 2.16. The van der Waals surface area contributed by atoms with Gasteiger partial charge in [0.2, 0.25) is 5.91 Å². The largest absolute Gasteiger partial charge is 0.394 e. The summed E-state index contributed by atoms with van der Waals surface area (Å²) in [5.74, 6) is -0.155. The number of hydrogen-bond donors (Lipinski definition) is 3. The van der Waals surface area contributed by atoms with Crippen molar-refractivity contribution in [2.45, 2.75) is 238 Å². The summed E-state index contributed by atoms with van der Waals surface area (Å²) in [5.41, 5.74) is 0. The molecule has 0 radical (unpaired) electrons. The van der Waals surface area contributed by atoms with Crippen molar-refractivity contribution < 1.29 is 15.0 Å². The van der Waals surface area contributed by atoms with Crippen LogP contribution in [0.2, 0.25) is 0 Å². The van der Waals surface area contributed by atoms with Crippen LogP contribution in [0.25, 0.3) is 0 Å². The van der Waals surface area contributed by atoms with Crippen molar-refractivity contribution in [3.05, 3.63) is 72.9 Å². The van der Waals surface area contributed by atoms with Gasteiger partial charge >= 0.3 is 0 Å². The molecule has 3 N–H and O–H groups in total. The molecule has 4 nitrogen and oxygen atoms in total. The van der Waals surface area contributed by atoms with Gasteiger partial charge in [0.1, 0.15) is 0 Å². The highest BCUT2D eigenvalue weighted by atomic mass is 16.3. The fourth-order valence-electron chi connectivity index (χ4n) is 6.85. The lowest BCUT2D eigenvalue weighted by atomic mass is 10.0. The topological polar surface area (TPSA) is 69.6 Å². The van der Waals surface area contributed by atoms with Crippen molar-refractivity contribution in [1.82, 2.24) is 5.32 Å². The summed E-state index contributed by atoms with van der Waals surface area (Å²) < 4.78 is 0. The van der Waals surface area contributed by atoms with Crippen LogP contribution < -0.4 is 5.32 Å². The molecule has 0 aliphatic heterocycles. The molecule has 0 aliphatic rings. The minimum absolute atomic E-state index is 0.155. The number of allylic oxidation sites excluding steroid dienone is 11. The molecule has 1 amide bonds. The summed E-state index contributed by atoms with van der Waals surface area (Å²) in [6.07, 6.45) is 66.3.